The topological polar surface area (TPSA) is 41.6 Å². The van der Waals surface area contributed by atoms with E-state index < -0.39 is 0 Å². The highest BCUT2D eigenvalue weighted by Gasteiger charge is 2.19. The van der Waals surface area contributed by atoms with Gasteiger partial charge in [-0.15, -0.1) is 12.4 Å². The average molecular weight is 313 g/mol. The minimum absolute atomic E-state index is 0. The van der Waals surface area contributed by atoms with Gasteiger partial charge >= 0.3 is 0 Å². The van der Waals surface area contributed by atoms with Gasteiger partial charge in [0.05, 0.1) is 7.11 Å². The molecule has 118 valence electrons. The molecular formula is C16H25ClN2O2. The summed E-state index contributed by atoms with van der Waals surface area (Å²) in [5.74, 6) is 1.16. The molecule has 0 saturated carbocycles. The second-order valence-corrected chi connectivity index (χ2v) is 5.40. The van der Waals surface area contributed by atoms with Crippen molar-refractivity contribution in [1.82, 2.24) is 10.2 Å². The van der Waals surface area contributed by atoms with Crippen molar-refractivity contribution >= 4 is 18.3 Å². The van der Waals surface area contributed by atoms with E-state index in [-0.39, 0.29) is 18.3 Å². The minimum Gasteiger partial charge on any atom is -0.497 e. The lowest BCUT2D eigenvalue weighted by molar-refractivity contribution is -0.132. The molecule has 21 heavy (non-hydrogen) atoms. The number of piperazine rings is 1. The molecule has 0 aliphatic carbocycles. The molecule has 2 rings (SSSR count). The van der Waals surface area contributed by atoms with Gasteiger partial charge in [0.2, 0.25) is 5.91 Å². The smallest absolute Gasteiger partial charge is 0.222 e. The van der Waals surface area contributed by atoms with Gasteiger partial charge in [0.15, 0.2) is 0 Å². The van der Waals surface area contributed by atoms with Crippen LogP contribution in [0.3, 0.4) is 0 Å². The fourth-order valence-electron chi connectivity index (χ4n) is 2.55. The summed E-state index contributed by atoms with van der Waals surface area (Å²) in [6, 6.07) is 8.48. The first-order valence-electron chi connectivity index (χ1n) is 7.33. The molecule has 0 aromatic heterocycles. The van der Waals surface area contributed by atoms with Crippen LogP contribution in [0.2, 0.25) is 0 Å². The first-order chi connectivity index (χ1) is 9.69. The summed E-state index contributed by atoms with van der Waals surface area (Å²) in [7, 11) is 1.67. The van der Waals surface area contributed by atoms with E-state index >= 15 is 0 Å². The van der Waals surface area contributed by atoms with E-state index in [9.17, 15) is 4.79 Å². The van der Waals surface area contributed by atoms with Crippen molar-refractivity contribution in [3.8, 4) is 5.75 Å². The Hall–Kier alpha value is -1.26. The Morgan fingerprint density at radius 2 is 2.10 bits per heavy atom. The molecule has 1 aliphatic rings. The summed E-state index contributed by atoms with van der Waals surface area (Å²) in [4.78, 5) is 14.1. The Morgan fingerprint density at radius 1 is 1.38 bits per heavy atom. The molecule has 1 saturated heterocycles. The van der Waals surface area contributed by atoms with E-state index in [4.69, 9.17) is 4.74 Å². The number of nitrogens with zero attached hydrogens (tertiary/aromatic N) is 1. The Labute approximate surface area is 133 Å². The molecule has 1 atom stereocenters. The van der Waals surface area contributed by atoms with Crippen LogP contribution < -0.4 is 10.1 Å². The maximum atomic E-state index is 12.1. The zero-order valence-electron chi connectivity index (χ0n) is 12.8. The highest BCUT2D eigenvalue weighted by Crippen LogP contribution is 2.13. The van der Waals surface area contributed by atoms with Gasteiger partial charge in [0.25, 0.3) is 0 Å². The number of methoxy groups -OCH3 is 1. The van der Waals surface area contributed by atoms with Gasteiger partial charge in [-0.1, -0.05) is 12.1 Å². The molecule has 1 N–H and O–H groups in total. The van der Waals surface area contributed by atoms with Crippen molar-refractivity contribution in [2.75, 3.05) is 26.7 Å². The molecule has 0 radical (unpaired) electrons. The van der Waals surface area contributed by atoms with Crippen molar-refractivity contribution in [2.45, 2.75) is 32.2 Å². The quantitative estimate of drug-likeness (QED) is 0.907. The molecule has 1 heterocycles. The van der Waals surface area contributed by atoms with Crippen LogP contribution in [-0.2, 0) is 11.2 Å². The fourth-order valence-corrected chi connectivity index (χ4v) is 2.55. The van der Waals surface area contributed by atoms with Crippen LogP contribution in [0.4, 0.5) is 0 Å². The normalized spacial score (nSPS) is 18.0. The second kappa shape index (κ2) is 8.90. The molecule has 1 fully saturated rings. The van der Waals surface area contributed by atoms with Crippen LogP contribution in [0.1, 0.15) is 25.3 Å². The number of nitrogens with one attached hydrogen (secondary N) is 1. The summed E-state index contributed by atoms with van der Waals surface area (Å²) in [6.07, 6.45) is 2.49. The zero-order valence-corrected chi connectivity index (χ0v) is 13.6. The number of ether oxygens (including phenoxy) is 1. The standard InChI is InChI=1S/C16H24N2O2.ClH/c1-13-12-18(11-10-17-13)16(19)5-3-4-14-6-8-15(20-2)9-7-14;/h6-9,13,17H,3-5,10-12H2,1-2H3;1H. The number of hydrogen-bond donors (Lipinski definition) is 1. The first-order valence-corrected chi connectivity index (χ1v) is 7.33. The van der Waals surface area contributed by atoms with E-state index in [1.54, 1.807) is 7.11 Å². The maximum Gasteiger partial charge on any atom is 0.222 e. The third kappa shape index (κ3) is 5.56. The van der Waals surface area contributed by atoms with Crippen LogP contribution in [0.15, 0.2) is 24.3 Å². The third-order valence-electron chi connectivity index (χ3n) is 3.74. The Balaban J connectivity index is 0.00000220. The predicted molar refractivity (Wildman–Crippen MR) is 87.2 cm³/mol. The molecule has 5 heteroatoms. The van der Waals surface area contributed by atoms with Gasteiger partial charge in [-0.3, -0.25) is 4.79 Å². The number of halogens is 1. The number of rotatable bonds is 5. The van der Waals surface area contributed by atoms with Gasteiger partial charge in [-0.25, -0.2) is 0 Å². The monoisotopic (exact) mass is 312 g/mol. The summed E-state index contributed by atoms with van der Waals surface area (Å²) >= 11 is 0. The molecule has 1 aliphatic heterocycles. The number of amides is 1. The average Bonchev–Trinajstić information content (AvgIpc) is 2.48. The lowest BCUT2D eigenvalue weighted by atomic mass is 10.1. The minimum atomic E-state index is 0. The van der Waals surface area contributed by atoms with Crippen molar-refractivity contribution in [3.63, 3.8) is 0 Å². The number of hydrogen-bond acceptors (Lipinski definition) is 3. The molecule has 1 amide bonds. The van der Waals surface area contributed by atoms with Crippen molar-refractivity contribution in [2.24, 2.45) is 0 Å². The molecule has 1 aromatic rings. The van der Waals surface area contributed by atoms with E-state index in [1.807, 2.05) is 17.0 Å². The highest BCUT2D eigenvalue weighted by molar-refractivity contribution is 5.85. The fraction of sp³-hybridized carbons (Fsp3) is 0.562. The Bertz CT molecular complexity index is 436. The molecule has 1 aromatic carbocycles. The number of aryl methyl sites for hydroxylation is 1. The molecule has 1 unspecified atom stereocenters. The molecule has 0 bridgehead atoms. The first kappa shape index (κ1) is 17.8. The number of carbonyl (C=O) groups is 1. The molecule has 0 spiro atoms. The van der Waals surface area contributed by atoms with Crippen LogP contribution in [0, 0.1) is 0 Å². The van der Waals surface area contributed by atoms with Crippen molar-refractivity contribution < 1.29 is 9.53 Å². The van der Waals surface area contributed by atoms with Gasteiger partial charge in [-0.05, 0) is 37.5 Å². The van der Waals surface area contributed by atoms with Crippen LogP contribution in [0.5, 0.6) is 5.75 Å². The molecular weight excluding hydrogens is 288 g/mol. The number of carbonyl (C=O) groups excluding carboxylic acids is 1. The summed E-state index contributed by atoms with van der Waals surface area (Å²) in [5.41, 5.74) is 1.26. The van der Waals surface area contributed by atoms with Gasteiger partial charge < -0.3 is 15.0 Å². The predicted octanol–water partition coefficient (Wildman–Crippen LogP) is 2.26. The van der Waals surface area contributed by atoms with Crippen molar-refractivity contribution in [3.05, 3.63) is 29.8 Å². The van der Waals surface area contributed by atoms with Gasteiger partial charge in [0, 0.05) is 32.1 Å². The van der Waals surface area contributed by atoms with Crippen LogP contribution in [-0.4, -0.2) is 43.6 Å². The summed E-state index contributed by atoms with van der Waals surface area (Å²) in [5, 5.41) is 3.35. The van der Waals surface area contributed by atoms with Gasteiger partial charge in [0.1, 0.15) is 5.75 Å². The van der Waals surface area contributed by atoms with E-state index in [0.29, 0.717) is 12.5 Å². The summed E-state index contributed by atoms with van der Waals surface area (Å²) < 4.78 is 5.13. The highest BCUT2D eigenvalue weighted by atomic mass is 35.5. The van der Waals surface area contributed by atoms with Crippen molar-refractivity contribution in [1.29, 1.82) is 0 Å². The van der Waals surface area contributed by atoms with E-state index in [0.717, 1.165) is 38.2 Å². The lowest BCUT2D eigenvalue weighted by Gasteiger charge is -2.32. The van der Waals surface area contributed by atoms with Gasteiger partial charge in [-0.2, -0.15) is 0 Å². The third-order valence-corrected chi connectivity index (χ3v) is 3.74. The lowest BCUT2D eigenvalue weighted by Crippen LogP contribution is -2.51. The zero-order chi connectivity index (χ0) is 14.4. The molecule has 4 nitrogen and oxygen atoms in total. The van der Waals surface area contributed by atoms with E-state index in [1.165, 1.54) is 5.56 Å². The number of benzene rings is 1. The summed E-state index contributed by atoms with van der Waals surface area (Å²) in [6.45, 7) is 4.70. The van der Waals surface area contributed by atoms with E-state index in [2.05, 4.69) is 24.4 Å². The largest absolute Gasteiger partial charge is 0.497 e. The SMILES string of the molecule is COc1ccc(CCCC(=O)N2CCNC(C)C2)cc1.Cl. The van der Waals surface area contributed by atoms with Crippen LogP contribution in [0.25, 0.3) is 0 Å². The second-order valence-electron chi connectivity index (χ2n) is 5.40. The maximum absolute atomic E-state index is 12.1. The van der Waals surface area contributed by atoms with Crippen LogP contribution >= 0.6 is 12.4 Å². The Kier molecular flexibility index (Phi) is 7.54. The Morgan fingerprint density at radius 3 is 2.71 bits per heavy atom.